The lowest BCUT2D eigenvalue weighted by molar-refractivity contribution is -0.383. The van der Waals surface area contributed by atoms with Gasteiger partial charge >= 0.3 is 0 Å². The number of hydrogen-bond acceptors (Lipinski definition) is 4. The molecule has 1 N–H and O–H groups in total. The first-order valence-electron chi connectivity index (χ1n) is 6.54. The van der Waals surface area contributed by atoms with Gasteiger partial charge in [-0.2, -0.15) is 0 Å². The van der Waals surface area contributed by atoms with Crippen LogP contribution >= 0.6 is 0 Å². The van der Waals surface area contributed by atoms with Crippen LogP contribution in [0, 0.1) is 10.1 Å². The third kappa shape index (κ3) is 2.23. The van der Waals surface area contributed by atoms with Crippen molar-refractivity contribution in [3.63, 3.8) is 0 Å². The normalized spacial score (nSPS) is 15.8. The van der Waals surface area contributed by atoms with Gasteiger partial charge < -0.3 is 5.32 Å². The Morgan fingerprint density at radius 2 is 2.05 bits per heavy atom. The summed E-state index contributed by atoms with van der Waals surface area (Å²) in [6.45, 7) is 0. The molecule has 0 aliphatic heterocycles. The highest BCUT2D eigenvalue weighted by Crippen LogP contribution is 2.30. The minimum atomic E-state index is -0.380. The molecule has 2 aromatic rings. The Morgan fingerprint density at radius 1 is 1.26 bits per heavy atom. The van der Waals surface area contributed by atoms with Crippen LogP contribution < -0.4 is 5.32 Å². The minimum absolute atomic E-state index is 0.0626. The summed E-state index contributed by atoms with van der Waals surface area (Å²) < 4.78 is 0. The average Bonchev–Trinajstić information content (AvgIpc) is 2.91. The van der Waals surface area contributed by atoms with E-state index >= 15 is 0 Å². The molecular weight excluding hydrogens is 242 g/mol. The molecule has 1 aromatic carbocycles. The number of rotatable bonds is 3. The average molecular weight is 257 g/mol. The lowest BCUT2D eigenvalue weighted by Gasteiger charge is -2.15. The molecule has 1 saturated carbocycles. The van der Waals surface area contributed by atoms with Crippen LogP contribution in [0.2, 0.25) is 0 Å². The second kappa shape index (κ2) is 4.84. The third-order valence-corrected chi connectivity index (χ3v) is 3.66. The van der Waals surface area contributed by atoms with Crippen molar-refractivity contribution >= 4 is 22.3 Å². The van der Waals surface area contributed by atoms with Crippen molar-refractivity contribution in [2.45, 2.75) is 31.7 Å². The van der Waals surface area contributed by atoms with Crippen LogP contribution in [0.3, 0.4) is 0 Å². The number of fused-ring (bicyclic) bond motifs is 1. The van der Waals surface area contributed by atoms with Crippen molar-refractivity contribution in [1.82, 2.24) is 4.98 Å². The summed E-state index contributed by atoms with van der Waals surface area (Å²) in [5.74, 6) is 0. The number of non-ortho nitro benzene ring substituents is 1. The van der Waals surface area contributed by atoms with Crippen molar-refractivity contribution < 1.29 is 4.92 Å². The van der Waals surface area contributed by atoms with E-state index in [0.29, 0.717) is 11.6 Å². The maximum Gasteiger partial charge on any atom is 0.295 e. The van der Waals surface area contributed by atoms with Gasteiger partial charge in [0.1, 0.15) is 5.52 Å². The first-order valence-corrected chi connectivity index (χ1v) is 6.54. The molecule has 1 heterocycles. The lowest BCUT2D eigenvalue weighted by Crippen LogP contribution is -2.14. The molecule has 19 heavy (non-hydrogen) atoms. The molecule has 1 aliphatic rings. The molecule has 0 spiro atoms. The van der Waals surface area contributed by atoms with Crippen molar-refractivity contribution in [3.8, 4) is 0 Å². The molecule has 0 saturated heterocycles. The van der Waals surface area contributed by atoms with Crippen LogP contribution in [0.15, 0.2) is 30.5 Å². The van der Waals surface area contributed by atoms with Crippen LogP contribution in [0.1, 0.15) is 25.7 Å². The summed E-state index contributed by atoms with van der Waals surface area (Å²) in [6.07, 6.45) is 6.46. The number of nitrogens with one attached hydrogen (secondary N) is 1. The van der Waals surface area contributed by atoms with Crippen LogP contribution in [-0.2, 0) is 0 Å². The second-order valence-electron chi connectivity index (χ2n) is 4.91. The molecule has 5 heteroatoms. The first-order chi connectivity index (χ1) is 9.25. The zero-order valence-corrected chi connectivity index (χ0v) is 10.5. The van der Waals surface area contributed by atoms with E-state index in [9.17, 15) is 10.1 Å². The maximum atomic E-state index is 11.0. The number of pyridine rings is 1. The van der Waals surface area contributed by atoms with Crippen molar-refractivity contribution in [2.75, 3.05) is 5.32 Å². The number of benzene rings is 1. The van der Waals surface area contributed by atoms with Crippen LogP contribution in [0.4, 0.5) is 11.4 Å². The molecule has 98 valence electrons. The summed E-state index contributed by atoms with van der Waals surface area (Å²) in [6, 6.07) is 7.46. The molecule has 5 nitrogen and oxygen atoms in total. The molecule has 0 bridgehead atoms. The van der Waals surface area contributed by atoms with Crippen LogP contribution in [-0.4, -0.2) is 15.9 Å². The summed E-state index contributed by atoms with van der Waals surface area (Å²) in [7, 11) is 0. The monoisotopic (exact) mass is 257 g/mol. The second-order valence-corrected chi connectivity index (χ2v) is 4.91. The van der Waals surface area contributed by atoms with Crippen molar-refractivity contribution in [3.05, 3.63) is 40.6 Å². The van der Waals surface area contributed by atoms with Gasteiger partial charge in [-0.15, -0.1) is 0 Å². The molecule has 0 radical (unpaired) electrons. The topological polar surface area (TPSA) is 68.1 Å². The Bertz CT molecular complexity index is 621. The molecular formula is C14H15N3O2. The summed E-state index contributed by atoms with van der Waals surface area (Å²) in [5.41, 5.74) is 1.46. The Balaban J connectivity index is 2.05. The summed E-state index contributed by atoms with van der Waals surface area (Å²) >= 11 is 0. The Hall–Kier alpha value is -2.17. The summed E-state index contributed by atoms with van der Waals surface area (Å²) in [5, 5.41) is 15.3. The Labute approximate surface area is 110 Å². The van der Waals surface area contributed by atoms with E-state index in [2.05, 4.69) is 10.3 Å². The fourth-order valence-electron chi connectivity index (χ4n) is 2.72. The van der Waals surface area contributed by atoms with Crippen LogP contribution in [0.5, 0.6) is 0 Å². The zero-order valence-electron chi connectivity index (χ0n) is 10.5. The molecule has 0 amide bonds. The quantitative estimate of drug-likeness (QED) is 0.675. The van der Waals surface area contributed by atoms with Gasteiger partial charge in [-0.25, -0.2) is 4.98 Å². The van der Waals surface area contributed by atoms with Gasteiger partial charge in [0.05, 0.1) is 4.92 Å². The van der Waals surface area contributed by atoms with E-state index in [1.807, 2.05) is 12.1 Å². The Kier molecular flexibility index (Phi) is 3.03. The van der Waals surface area contributed by atoms with Gasteiger partial charge in [0.15, 0.2) is 0 Å². The van der Waals surface area contributed by atoms with Crippen LogP contribution in [0.25, 0.3) is 10.9 Å². The highest BCUT2D eigenvalue weighted by Gasteiger charge is 2.18. The molecule has 1 aliphatic carbocycles. The van der Waals surface area contributed by atoms with Gasteiger partial charge in [0.2, 0.25) is 0 Å². The van der Waals surface area contributed by atoms with Gasteiger partial charge in [0, 0.05) is 29.4 Å². The first kappa shape index (κ1) is 11.9. The number of nitro benzene ring substituents is 1. The van der Waals surface area contributed by atoms with Gasteiger partial charge in [-0.05, 0) is 18.9 Å². The molecule has 3 rings (SSSR count). The summed E-state index contributed by atoms with van der Waals surface area (Å²) in [4.78, 5) is 14.8. The number of nitro groups is 1. The number of nitrogens with zero attached hydrogens (tertiary/aromatic N) is 2. The predicted molar refractivity (Wildman–Crippen MR) is 74.3 cm³/mol. The standard InChI is InChI=1S/C14H15N3O2/c18-17(19)13-7-3-6-11-12(8-9-15-14(11)13)16-10-4-1-2-5-10/h3,6-10H,1-2,4-5H2,(H,15,16). The fraction of sp³-hybridized carbons (Fsp3) is 0.357. The van der Waals surface area contributed by atoms with E-state index in [-0.39, 0.29) is 10.6 Å². The molecule has 0 atom stereocenters. The van der Waals surface area contributed by atoms with Crippen molar-refractivity contribution in [2.24, 2.45) is 0 Å². The number of aromatic nitrogens is 1. The van der Waals surface area contributed by atoms with E-state index in [1.165, 1.54) is 31.7 Å². The SMILES string of the molecule is O=[N+]([O-])c1cccc2c(NC3CCCC3)ccnc12. The number of para-hydroxylation sites is 1. The maximum absolute atomic E-state index is 11.0. The van der Waals surface area contributed by atoms with Gasteiger partial charge in [0.25, 0.3) is 5.69 Å². The third-order valence-electron chi connectivity index (χ3n) is 3.66. The predicted octanol–water partition coefficient (Wildman–Crippen LogP) is 3.50. The fourth-order valence-corrected chi connectivity index (χ4v) is 2.72. The van der Waals surface area contributed by atoms with Crippen molar-refractivity contribution in [1.29, 1.82) is 0 Å². The molecule has 0 unspecified atom stereocenters. The zero-order chi connectivity index (χ0) is 13.2. The molecule has 1 aromatic heterocycles. The van der Waals surface area contributed by atoms with E-state index in [0.717, 1.165) is 11.1 Å². The molecule has 1 fully saturated rings. The largest absolute Gasteiger partial charge is 0.382 e. The van der Waals surface area contributed by atoms with E-state index in [4.69, 9.17) is 0 Å². The number of anilines is 1. The van der Waals surface area contributed by atoms with Gasteiger partial charge in [-0.3, -0.25) is 10.1 Å². The highest BCUT2D eigenvalue weighted by molar-refractivity contribution is 5.96. The minimum Gasteiger partial charge on any atom is -0.382 e. The Morgan fingerprint density at radius 3 is 2.79 bits per heavy atom. The van der Waals surface area contributed by atoms with E-state index in [1.54, 1.807) is 12.3 Å². The van der Waals surface area contributed by atoms with E-state index < -0.39 is 0 Å². The number of hydrogen-bond donors (Lipinski definition) is 1. The lowest BCUT2D eigenvalue weighted by atomic mass is 10.1. The van der Waals surface area contributed by atoms with Gasteiger partial charge in [-0.1, -0.05) is 25.0 Å². The smallest absolute Gasteiger partial charge is 0.295 e. The highest BCUT2D eigenvalue weighted by atomic mass is 16.6.